The summed E-state index contributed by atoms with van der Waals surface area (Å²) in [6.07, 6.45) is -1.40. The van der Waals surface area contributed by atoms with E-state index in [4.69, 9.17) is 9.47 Å². The molecule has 0 spiro atoms. The number of carboxylic acids is 1. The second kappa shape index (κ2) is 23.0. The SMILES string of the molecule is CCc1cc(-c2c3ccccc3cc3sc(C)c(C)c23)cc(CC)c1O[C@H](Cc1ccccc1)C(=O)NC(NC(=O)[C@@H](Cc1ccccc1)Oc1c(CC)cc(-c2c3ccccc3cc3sc(C)c(C)c23)cc1CC)C(=O)O. The van der Waals surface area contributed by atoms with Gasteiger partial charge in [0.1, 0.15) is 11.5 Å². The van der Waals surface area contributed by atoms with E-state index < -0.39 is 36.2 Å². The summed E-state index contributed by atoms with van der Waals surface area (Å²) in [5.41, 5.74) is 12.4. The molecule has 10 heteroatoms. The number of aryl methyl sites for hydroxylation is 8. The van der Waals surface area contributed by atoms with E-state index in [1.54, 1.807) is 0 Å². The Kier molecular flexibility index (Phi) is 15.8. The van der Waals surface area contributed by atoms with Crippen molar-refractivity contribution in [2.75, 3.05) is 0 Å². The Morgan fingerprint density at radius 2 is 0.833 bits per heavy atom. The first-order chi connectivity index (χ1) is 37.8. The van der Waals surface area contributed by atoms with Crippen LogP contribution in [0.5, 0.6) is 11.5 Å². The van der Waals surface area contributed by atoms with Gasteiger partial charge < -0.3 is 25.2 Å². The summed E-state index contributed by atoms with van der Waals surface area (Å²) in [5, 5.41) is 23.4. The molecule has 78 heavy (non-hydrogen) atoms. The van der Waals surface area contributed by atoms with Crippen molar-refractivity contribution in [3.8, 4) is 33.8 Å². The zero-order valence-electron chi connectivity index (χ0n) is 45.6. The predicted octanol–water partition coefficient (Wildman–Crippen LogP) is 15.6. The average molecular weight is 1070 g/mol. The topological polar surface area (TPSA) is 114 Å². The maximum Gasteiger partial charge on any atom is 0.347 e. The molecule has 0 bridgehead atoms. The largest absolute Gasteiger partial charge is 0.480 e. The highest BCUT2D eigenvalue weighted by molar-refractivity contribution is 7.19. The second-order valence-corrected chi connectivity index (χ2v) is 22.8. The van der Waals surface area contributed by atoms with Gasteiger partial charge in [-0.2, -0.15) is 0 Å². The molecule has 0 aliphatic heterocycles. The maximum atomic E-state index is 14.8. The summed E-state index contributed by atoms with van der Waals surface area (Å²) >= 11 is 3.62. The molecule has 0 unspecified atom stereocenters. The van der Waals surface area contributed by atoms with E-state index in [2.05, 4.69) is 151 Å². The molecule has 0 aliphatic carbocycles. The van der Waals surface area contributed by atoms with Crippen LogP contribution in [-0.2, 0) is 52.9 Å². The van der Waals surface area contributed by atoms with E-state index in [1.807, 2.05) is 83.3 Å². The van der Waals surface area contributed by atoms with Crippen LogP contribution in [-0.4, -0.2) is 41.3 Å². The number of rotatable bonds is 19. The number of carbonyl (C=O) groups excluding carboxylic acids is 2. The van der Waals surface area contributed by atoms with E-state index >= 15 is 0 Å². The van der Waals surface area contributed by atoms with Crippen LogP contribution in [0.1, 0.15) is 82.0 Å². The summed E-state index contributed by atoms with van der Waals surface area (Å²) in [7, 11) is 0. The molecule has 0 saturated heterocycles. The van der Waals surface area contributed by atoms with Crippen LogP contribution in [0.3, 0.4) is 0 Å². The van der Waals surface area contributed by atoms with Crippen LogP contribution < -0.4 is 20.1 Å². The van der Waals surface area contributed by atoms with Crippen molar-refractivity contribution in [2.45, 2.75) is 112 Å². The lowest BCUT2D eigenvalue weighted by atomic mass is 9.89. The molecule has 2 atom stereocenters. The van der Waals surface area contributed by atoms with Crippen LogP contribution in [0.25, 0.3) is 64.0 Å². The number of fused-ring (bicyclic) bond motifs is 4. The Hall–Kier alpha value is -7.79. The molecule has 10 rings (SSSR count). The quantitative estimate of drug-likeness (QED) is 0.0695. The number of hydrogen-bond donors (Lipinski definition) is 3. The Labute approximate surface area is 465 Å². The highest BCUT2D eigenvalue weighted by Crippen LogP contribution is 2.46. The van der Waals surface area contributed by atoms with Gasteiger partial charge in [-0.1, -0.05) is 137 Å². The van der Waals surface area contributed by atoms with E-state index in [9.17, 15) is 19.5 Å². The molecule has 0 radical (unpaired) electrons. The number of ether oxygens (including phenoxy) is 2. The predicted molar refractivity (Wildman–Crippen MR) is 323 cm³/mol. The molecule has 0 fully saturated rings. The van der Waals surface area contributed by atoms with Gasteiger partial charge >= 0.3 is 5.97 Å². The van der Waals surface area contributed by atoms with Crippen molar-refractivity contribution in [1.82, 2.24) is 10.6 Å². The van der Waals surface area contributed by atoms with Gasteiger partial charge in [-0.3, -0.25) is 9.59 Å². The lowest BCUT2D eigenvalue weighted by Crippen LogP contribution is -2.58. The third-order valence-corrected chi connectivity index (χ3v) is 17.7. The van der Waals surface area contributed by atoms with Gasteiger partial charge in [-0.15, -0.1) is 22.7 Å². The molecule has 396 valence electrons. The monoisotopic (exact) mass is 1070 g/mol. The van der Waals surface area contributed by atoms with E-state index in [-0.39, 0.29) is 12.8 Å². The number of nitrogens with one attached hydrogen (secondary N) is 2. The number of amides is 2. The molecule has 8 aromatic carbocycles. The first kappa shape index (κ1) is 53.6. The minimum atomic E-state index is -1.82. The molecule has 3 N–H and O–H groups in total. The summed E-state index contributed by atoms with van der Waals surface area (Å²) in [4.78, 5) is 45.6. The van der Waals surface area contributed by atoms with Crippen molar-refractivity contribution < 1.29 is 29.0 Å². The van der Waals surface area contributed by atoms with Crippen LogP contribution in [0, 0.1) is 27.7 Å². The van der Waals surface area contributed by atoms with Gasteiger partial charge in [0, 0.05) is 42.8 Å². The van der Waals surface area contributed by atoms with Gasteiger partial charge in [-0.25, -0.2) is 4.79 Å². The van der Waals surface area contributed by atoms with Crippen LogP contribution in [0.2, 0.25) is 0 Å². The molecular weight excluding hydrogens is 1000 g/mol. The maximum absolute atomic E-state index is 14.8. The van der Waals surface area contributed by atoms with Crippen LogP contribution in [0.15, 0.2) is 146 Å². The second-order valence-electron chi connectivity index (χ2n) is 20.3. The lowest BCUT2D eigenvalue weighted by Gasteiger charge is -2.27. The summed E-state index contributed by atoms with van der Waals surface area (Å²) in [6.45, 7) is 17.1. The fraction of sp³-hybridized carbons (Fsp3) is 0.250. The standard InChI is InChI=1S/C68H66N2O6S2/c1-9-45-33-51(61-53-29-21-19-27-49(53)37-57-59(61)39(5)41(7)77-57)34-46(10-2)63(45)75-55(31-43-23-15-13-16-24-43)66(71)69-65(68(73)74)70-67(72)56(32-44-25-17-14-18-26-44)76-64-47(11-3)35-52(36-48(64)12-4)62-54-30-22-20-28-50(54)38-58-60(62)40(6)42(8)78-58/h13-30,33-38,55-56,65H,9-12,31-32H2,1-8H3,(H,69,71)(H,70,72)(H,73,74)/t55-,56-/m1/s1. The molecule has 10 aromatic rings. The number of carbonyl (C=O) groups is 3. The number of aliphatic carboxylic acids is 1. The molecule has 2 amide bonds. The van der Waals surface area contributed by atoms with Gasteiger partial charge in [0.25, 0.3) is 11.8 Å². The van der Waals surface area contributed by atoms with Crippen LogP contribution in [0.4, 0.5) is 0 Å². The van der Waals surface area contributed by atoms with Crippen molar-refractivity contribution in [1.29, 1.82) is 0 Å². The highest BCUT2D eigenvalue weighted by Gasteiger charge is 2.33. The lowest BCUT2D eigenvalue weighted by molar-refractivity contribution is -0.147. The fourth-order valence-electron chi connectivity index (χ4n) is 11.1. The Morgan fingerprint density at radius 3 is 1.18 bits per heavy atom. The first-order valence-corrected chi connectivity index (χ1v) is 28.8. The third kappa shape index (κ3) is 10.6. The number of carboxylic acid groups (broad SMARTS) is 1. The van der Waals surface area contributed by atoms with Crippen molar-refractivity contribution in [3.63, 3.8) is 0 Å². The van der Waals surface area contributed by atoms with Crippen molar-refractivity contribution >= 4 is 82.2 Å². The first-order valence-electron chi connectivity index (χ1n) is 27.2. The average Bonchev–Trinajstić information content (AvgIpc) is 4.10. The van der Waals surface area contributed by atoms with Crippen LogP contribution >= 0.6 is 22.7 Å². The molecule has 2 aromatic heterocycles. The number of hydrogen-bond acceptors (Lipinski definition) is 7. The minimum absolute atomic E-state index is 0.142. The highest BCUT2D eigenvalue weighted by atomic mass is 32.1. The van der Waals surface area contributed by atoms with Gasteiger partial charge in [-0.05, 0) is 178 Å². The van der Waals surface area contributed by atoms with Gasteiger partial charge in [0.2, 0.25) is 6.17 Å². The van der Waals surface area contributed by atoms with Crippen molar-refractivity contribution in [2.24, 2.45) is 0 Å². The Balaban J connectivity index is 0.977. The molecule has 0 aliphatic rings. The van der Waals surface area contributed by atoms with E-state index in [0.29, 0.717) is 37.2 Å². The summed E-state index contributed by atoms with van der Waals surface area (Å²) < 4.78 is 16.3. The van der Waals surface area contributed by atoms with E-state index in [1.165, 1.54) is 73.7 Å². The molecule has 2 heterocycles. The molecule has 8 nitrogen and oxygen atoms in total. The normalized spacial score (nSPS) is 12.4. The summed E-state index contributed by atoms with van der Waals surface area (Å²) in [6, 6.07) is 49.4. The number of thiophene rings is 2. The van der Waals surface area contributed by atoms with E-state index in [0.717, 1.165) is 44.5 Å². The smallest absolute Gasteiger partial charge is 0.347 e. The summed E-state index contributed by atoms with van der Waals surface area (Å²) in [5.74, 6) is -1.62. The van der Waals surface area contributed by atoms with Crippen molar-refractivity contribution in [3.05, 3.63) is 200 Å². The molecular formula is C68H66N2O6S2. The Bertz CT molecular complexity index is 3600. The van der Waals surface area contributed by atoms with Gasteiger partial charge in [0.05, 0.1) is 0 Å². The fourth-order valence-corrected chi connectivity index (χ4v) is 13.3. The minimum Gasteiger partial charge on any atom is -0.480 e. The zero-order chi connectivity index (χ0) is 54.8. The third-order valence-electron chi connectivity index (χ3n) is 15.4. The zero-order valence-corrected chi connectivity index (χ0v) is 47.3. The molecule has 0 saturated carbocycles. The Morgan fingerprint density at radius 1 is 0.487 bits per heavy atom. The number of benzene rings is 8. The van der Waals surface area contributed by atoms with Gasteiger partial charge in [0.15, 0.2) is 12.2 Å².